The van der Waals surface area contributed by atoms with Crippen LogP contribution < -0.4 is 58.0 Å². The Hall–Kier alpha value is -3.46. The molecular weight excluding hydrogens is 619 g/mol. The van der Waals surface area contributed by atoms with Crippen molar-refractivity contribution in [2.24, 2.45) is 0 Å². The van der Waals surface area contributed by atoms with Gasteiger partial charge in [0.1, 0.15) is 5.75 Å². The van der Waals surface area contributed by atoms with Gasteiger partial charge in [-0.05, 0) is 66.1 Å². The van der Waals surface area contributed by atoms with Crippen LogP contribution in [-0.2, 0) is 36.6 Å². The third kappa shape index (κ3) is 7.19. The molecule has 2 heterocycles. The van der Waals surface area contributed by atoms with Gasteiger partial charge in [0.05, 0.1) is 50.7 Å². The van der Waals surface area contributed by atoms with Crippen LogP contribution in [0.1, 0.15) is 23.1 Å². The van der Waals surface area contributed by atoms with E-state index in [0.29, 0.717) is 56.8 Å². The Morgan fingerprint density at radius 1 is 0.867 bits per heavy atom. The summed E-state index contributed by atoms with van der Waals surface area (Å²) in [4.78, 5) is 13.9. The quantitative estimate of drug-likeness (QED) is 0.112. The summed E-state index contributed by atoms with van der Waals surface area (Å²) in [5.41, 5.74) is 2.21. The summed E-state index contributed by atoms with van der Waals surface area (Å²) in [6.45, 7) is -0.171. The number of carbonyl (C=O) groups is 1. The molecule has 3 aromatic carbocycles. The van der Waals surface area contributed by atoms with Crippen molar-refractivity contribution in [1.82, 2.24) is 0 Å². The summed E-state index contributed by atoms with van der Waals surface area (Å²) >= 11 is 0. The van der Waals surface area contributed by atoms with Crippen molar-refractivity contribution in [3.63, 3.8) is 0 Å². The van der Waals surface area contributed by atoms with Gasteiger partial charge in [-0.1, -0.05) is 6.07 Å². The second-order valence-corrected chi connectivity index (χ2v) is 11.4. The molecule has 0 N–H and O–H groups in total. The van der Waals surface area contributed by atoms with Gasteiger partial charge in [-0.25, -0.2) is 13.2 Å². The van der Waals surface area contributed by atoms with Crippen LogP contribution in [0.2, 0.25) is 0 Å². The van der Waals surface area contributed by atoms with Crippen LogP contribution >= 0.6 is 0 Å². The summed E-state index contributed by atoms with van der Waals surface area (Å²) in [7, 11) is 1.51. The Kier molecular flexibility index (Phi) is 10.9. The maximum Gasteiger partial charge on any atom is 1.00 e. The number of cyclic esters (lactones) is 1. The van der Waals surface area contributed by atoms with E-state index in [1.807, 2.05) is 0 Å². The first kappa shape index (κ1) is 34.4. The van der Waals surface area contributed by atoms with Crippen LogP contribution in [0, 0.1) is 0 Å². The standard InChI is InChI=1S/C31H32O12S.Na/c1-36-22-9-7-21(8-10-22)31(42-12-5-13-44(33,34)35)23(14-19-15-26(37-2)29(39-4)27(16-19)38-3)28(30(32)43-31)20-6-11-24-25(17-20)41-18-40-24;/h6-11,15-17H,5,12-14,18H2,1-4H3,(H,33,34,35);/q;+1/p-1. The molecule has 0 saturated carbocycles. The number of esters is 1. The Morgan fingerprint density at radius 3 is 2.13 bits per heavy atom. The van der Waals surface area contributed by atoms with Crippen LogP contribution in [0.25, 0.3) is 5.57 Å². The molecule has 0 aromatic heterocycles. The van der Waals surface area contributed by atoms with Gasteiger partial charge in [-0.2, -0.15) is 0 Å². The molecule has 0 spiro atoms. The molecule has 14 heteroatoms. The third-order valence-electron chi connectivity index (χ3n) is 7.22. The minimum atomic E-state index is -4.50. The molecule has 0 fully saturated rings. The number of fused-ring (bicyclic) bond motifs is 1. The number of carbonyl (C=O) groups excluding carboxylic acids is 1. The Balaban J connectivity index is 0.00000461. The number of ether oxygens (including phenoxy) is 8. The van der Waals surface area contributed by atoms with Crippen LogP contribution in [0.3, 0.4) is 0 Å². The molecule has 45 heavy (non-hydrogen) atoms. The van der Waals surface area contributed by atoms with Gasteiger partial charge in [-0.3, -0.25) is 0 Å². The van der Waals surface area contributed by atoms with Gasteiger partial charge in [0, 0.05) is 23.3 Å². The number of rotatable bonds is 13. The van der Waals surface area contributed by atoms with E-state index in [-0.39, 0.29) is 61.4 Å². The summed E-state index contributed by atoms with van der Waals surface area (Å²) in [5, 5.41) is 0. The van der Waals surface area contributed by atoms with Crippen molar-refractivity contribution in [1.29, 1.82) is 0 Å². The summed E-state index contributed by atoms with van der Waals surface area (Å²) in [6, 6.07) is 15.3. The predicted octanol–water partition coefficient (Wildman–Crippen LogP) is 0.812. The van der Waals surface area contributed by atoms with E-state index in [9.17, 15) is 17.8 Å². The maximum absolute atomic E-state index is 13.9. The number of methoxy groups -OCH3 is 4. The van der Waals surface area contributed by atoms with Crippen LogP contribution in [0.4, 0.5) is 0 Å². The first-order chi connectivity index (χ1) is 21.1. The van der Waals surface area contributed by atoms with Crippen LogP contribution in [-0.4, -0.2) is 66.5 Å². The topological polar surface area (TPSA) is 148 Å². The number of hydrogen-bond donors (Lipinski definition) is 0. The van der Waals surface area contributed by atoms with Crippen LogP contribution in [0.5, 0.6) is 34.5 Å². The number of benzene rings is 3. The smallest absolute Gasteiger partial charge is 0.748 e. The molecule has 0 bridgehead atoms. The normalized spacial score (nSPS) is 17.0. The van der Waals surface area contributed by atoms with Crippen molar-refractivity contribution in [3.8, 4) is 34.5 Å². The minimum Gasteiger partial charge on any atom is -0.748 e. The Bertz CT molecular complexity index is 1660. The van der Waals surface area contributed by atoms with Crippen molar-refractivity contribution < 1.29 is 85.2 Å². The molecule has 234 valence electrons. The zero-order valence-electron chi connectivity index (χ0n) is 25.5. The van der Waals surface area contributed by atoms with Gasteiger partial charge in [-0.15, -0.1) is 0 Å². The average molecular weight is 651 g/mol. The zero-order valence-corrected chi connectivity index (χ0v) is 28.4. The maximum atomic E-state index is 13.9. The molecule has 12 nitrogen and oxygen atoms in total. The second-order valence-electron chi connectivity index (χ2n) is 9.83. The van der Waals surface area contributed by atoms with E-state index in [1.165, 1.54) is 28.4 Å². The van der Waals surface area contributed by atoms with Crippen molar-refractivity contribution >= 4 is 21.7 Å². The van der Waals surface area contributed by atoms with Crippen LogP contribution in [0.15, 0.2) is 60.2 Å². The largest absolute Gasteiger partial charge is 1.00 e. The minimum absolute atomic E-state index is 0. The molecular formula is C31H31NaO12S. The predicted molar refractivity (Wildman–Crippen MR) is 155 cm³/mol. The molecule has 0 aliphatic carbocycles. The molecule has 3 aromatic rings. The van der Waals surface area contributed by atoms with Gasteiger partial charge >= 0.3 is 35.5 Å². The average Bonchev–Trinajstić information content (AvgIpc) is 3.60. The van der Waals surface area contributed by atoms with E-state index in [2.05, 4.69) is 0 Å². The summed E-state index contributed by atoms with van der Waals surface area (Å²) < 4.78 is 79.4. The van der Waals surface area contributed by atoms with Crippen molar-refractivity contribution in [2.45, 2.75) is 18.6 Å². The number of hydrogen-bond acceptors (Lipinski definition) is 12. The zero-order chi connectivity index (χ0) is 31.5. The van der Waals surface area contributed by atoms with Gasteiger partial charge in [0.15, 0.2) is 23.0 Å². The van der Waals surface area contributed by atoms with Crippen molar-refractivity contribution in [2.75, 3.05) is 47.6 Å². The summed E-state index contributed by atoms with van der Waals surface area (Å²) in [5.74, 6) is -0.415. The SMILES string of the molecule is COc1ccc(C2(OCCCS(=O)(=O)[O-])OC(=O)C(c3ccc4c(c3)OCO4)=C2Cc2cc(OC)c(OC)c(OC)c2)cc1.[Na+]. The van der Waals surface area contributed by atoms with Gasteiger partial charge in [0.2, 0.25) is 12.5 Å². The van der Waals surface area contributed by atoms with E-state index in [1.54, 1.807) is 54.6 Å². The molecule has 2 aliphatic heterocycles. The fraction of sp³-hybridized carbons (Fsp3) is 0.323. The van der Waals surface area contributed by atoms with E-state index < -0.39 is 27.6 Å². The Morgan fingerprint density at radius 2 is 1.53 bits per heavy atom. The first-order valence-corrected chi connectivity index (χ1v) is 15.1. The summed E-state index contributed by atoms with van der Waals surface area (Å²) in [6.07, 6.45) is -0.0315. The van der Waals surface area contributed by atoms with Crippen molar-refractivity contribution in [3.05, 3.63) is 76.9 Å². The van der Waals surface area contributed by atoms with E-state index >= 15 is 0 Å². The second kappa shape index (κ2) is 14.3. The molecule has 0 saturated heterocycles. The molecule has 0 radical (unpaired) electrons. The fourth-order valence-corrected chi connectivity index (χ4v) is 5.69. The van der Waals surface area contributed by atoms with Gasteiger partial charge in [0.25, 0.3) is 5.79 Å². The van der Waals surface area contributed by atoms with Gasteiger partial charge < -0.3 is 42.4 Å². The fourth-order valence-electron chi connectivity index (χ4n) is 5.22. The molecule has 1 unspecified atom stereocenters. The third-order valence-corrected chi connectivity index (χ3v) is 8.01. The molecule has 2 aliphatic rings. The first-order valence-electron chi connectivity index (χ1n) is 13.5. The molecule has 5 rings (SSSR count). The molecule has 1 atom stereocenters. The Labute approximate surface area is 283 Å². The monoisotopic (exact) mass is 650 g/mol. The van der Waals surface area contributed by atoms with E-state index in [0.717, 1.165) is 0 Å². The molecule has 0 amide bonds. The van der Waals surface area contributed by atoms with E-state index in [4.69, 9.17) is 37.9 Å².